The van der Waals surface area contributed by atoms with Crippen LogP contribution < -0.4 is 5.73 Å². The first kappa shape index (κ1) is 47.8. The van der Waals surface area contributed by atoms with E-state index in [2.05, 4.69) is 26.0 Å². The Kier molecular flexibility index (Phi) is 35.6. The van der Waals surface area contributed by atoms with E-state index in [1.807, 2.05) is 0 Å². The third kappa shape index (κ3) is 36.3. The normalized spacial score (nSPS) is 13.5. The molecule has 0 aromatic heterocycles. The number of hydrogen-bond donors (Lipinski definition) is 2. The van der Waals surface area contributed by atoms with Crippen LogP contribution in [0.15, 0.2) is 12.2 Å². The molecule has 0 heterocycles. The van der Waals surface area contributed by atoms with Crippen LogP contribution in [0.4, 0.5) is 0 Å². The van der Waals surface area contributed by atoms with Crippen molar-refractivity contribution in [2.45, 2.75) is 200 Å². The zero-order valence-electron chi connectivity index (χ0n) is 31.7. The van der Waals surface area contributed by atoms with Gasteiger partial charge in [-0.25, -0.2) is 4.57 Å². The van der Waals surface area contributed by atoms with Crippen molar-refractivity contribution in [1.82, 2.24) is 0 Å². The Balaban J connectivity index is 4.18. The lowest BCUT2D eigenvalue weighted by Crippen LogP contribution is -2.29. The van der Waals surface area contributed by atoms with E-state index in [1.54, 1.807) is 0 Å². The predicted octanol–water partition coefficient (Wildman–Crippen LogP) is 11.1. The number of allylic oxidation sites excluding steroid dienone is 2. The van der Waals surface area contributed by atoms with E-state index in [0.29, 0.717) is 6.42 Å². The van der Waals surface area contributed by atoms with Gasteiger partial charge in [0.25, 0.3) is 0 Å². The summed E-state index contributed by atoms with van der Waals surface area (Å²) in [6, 6.07) is 0. The van der Waals surface area contributed by atoms with Crippen molar-refractivity contribution in [3.8, 4) is 0 Å². The van der Waals surface area contributed by atoms with Gasteiger partial charge < -0.3 is 20.1 Å². The fourth-order valence-electron chi connectivity index (χ4n) is 5.63. The van der Waals surface area contributed by atoms with Crippen molar-refractivity contribution in [2.24, 2.45) is 5.73 Å². The van der Waals surface area contributed by atoms with Gasteiger partial charge in [0, 0.05) is 19.4 Å². The van der Waals surface area contributed by atoms with Gasteiger partial charge in [-0.2, -0.15) is 0 Å². The van der Waals surface area contributed by atoms with Crippen molar-refractivity contribution >= 4 is 19.8 Å². The summed E-state index contributed by atoms with van der Waals surface area (Å²) in [5.74, 6) is -0.831. The van der Waals surface area contributed by atoms with E-state index in [9.17, 15) is 19.0 Å². The lowest BCUT2D eigenvalue weighted by Gasteiger charge is -2.19. The van der Waals surface area contributed by atoms with Crippen molar-refractivity contribution in [3.63, 3.8) is 0 Å². The molecule has 10 heteroatoms. The van der Waals surface area contributed by atoms with Crippen molar-refractivity contribution < 1.29 is 37.6 Å². The van der Waals surface area contributed by atoms with Crippen LogP contribution in [0.5, 0.6) is 0 Å². The van der Waals surface area contributed by atoms with Crippen LogP contribution in [0.3, 0.4) is 0 Å². The number of hydrogen-bond acceptors (Lipinski definition) is 8. The van der Waals surface area contributed by atoms with Gasteiger partial charge >= 0.3 is 19.8 Å². The van der Waals surface area contributed by atoms with Gasteiger partial charge in [0.2, 0.25) is 0 Å². The van der Waals surface area contributed by atoms with Gasteiger partial charge in [0.05, 0.1) is 13.2 Å². The minimum atomic E-state index is -4.37. The summed E-state index contributed by atoms with van der Waals surface area (Å²) in [4.78, 5) is 34.7. The Bertz CT molecular complexity index is 825. The molecule has 0 bridgehead atoms. The second kappa shape index (κ2) is 36.5. The average molecular weight is 718 g/mol. The number of phosphoric acid groups is 1. The van der Waals surface area contributed by atoms with Crippen LogP contribution >= 0.6 is 7.82 Å². The van der Waals surface area contributed by atoms with Gasteiger partial charge in [-0.1, -0.05) is 154 Å². The highest BCUT2D eigenvalue weighted by Crippen LogP contribution is 2.43. The summed E-state index contributed by atoms with van der Waals surface area (Å²) in [5.41, 5.74) is 5.33. The maximum Gasteiger partial charge on any atom is 0.472 e. The molecule has 9 nitrogen and oxygen atoms in total. The average Bonchev–Trinajstić information content (AvgIpc) is 3.08. The lowest BCUT2D eigenvalue weighted by atomic mass is 10.0. The molecule has 0 amide bonds. The summed E-state index contributed by atoms with van der Waals surface area (Å²) in [6.45, 7) is 3.72. The summed E-state index contributed by atoms with van der Waals surface area (Å²) >= 11 is 0. The van der Waals surface area contributed by atoms with Gasteiger partial charge in [-0.15, -0.1) is 0 Å². The minimum Gasteiger partial charge on any atom is -0.462 e. The molecular weight excluding hydrogens is 641 g/mol. The van der Waals surface area contributed by atoms with E-state index in [-0.39, 0.29) is 38.6 Å². The molecule has 0 aliphatic carbocycles. The third-order valence-electron chi connectivity index (χ3n) is 8.65. The predicted molar refractivity (Wildman–Crippen MR) is 201 cm³/mol. The fraction of sp³-hybridized carbons (Fsp3) is 0.897. The molecule has 0 rings (SSSR count). The van der Waals surface area contributed by atoms with Gasteiger partial charge in [-0.05, 0) is 38.5 Å². The van der Waals surface area contributed by atoms with Crippen molar-refractivity contribution in [3.05, 3.63) is 12.2 Å². The molecule has 0 saturated heterocycles. The lowest BCUT2D eigenvalue weighted by molar-refractivity contribution is -0.161. The second-order valence-electron chi connectivity index (χ2n) is 13.5. The molecule has 0 aliphatic rings. The molecule has 0 aromatic carbocycles. The van der Waals surface area contributed by atoms with Crippen molar-refractivity contribution in [2.75, 3.05) is 26.4 Å². The number of ether oxygens (including phenoxy) is 2. The highest BCUT2D eigenvalue weighted by molar-refractivity contribution is 7.47. The molecule has 49 heavy (non-hydrogen) atoms. The number of unbranched alkanes of at least 4 members (excludes halogenated alkanes) is 23. The SMILES string of the molecule is CCCCCC/C=C\CCCCCCCC(=O)OC[C@H](COP(=O)(O)OCCN)OC(=O)CCCCCCCCCCCCCCCCC. The topological polar surface area (TPSA) is 134 Å². The molecule has 2 atom stereocenters. The number of carbonyl (C=O) groups is 2. The Morgan fingerprint density at radius 1 is 0.592 bits per heavy atom. The number of phosphoric ester groups is 1. The van der Waals surface area contributed by atoms with E-state index in [4.69, 9.17) is 24.3 Å². The third-order valence-corrected chi connectivity index (χ3v) is 9.64. The van der Waals surface area contributed by atoms with E-state index >= 15 is 0 Å². The molecule has 1 unspecified atom stereocenters. The van der Waals surface area contributed by atoms with Crippen LogP contribution in [0, 0.1) is 0 Å². The first-order valence-electron chi connectivity index (χ1n) is 20.2. The van der Waals surface area contributed by atoms with Crippen LogP contribution in [0.25, 0.3) is 0 Å². The van der Waals surface area contributed by atoms with Crippen LogP contribution in [-0.4, -0.2) is 49.3 Å². The summed E-state index contributed by atoms with van der Waals surface area (Å²) in [6.07, 6.45) is 35.2. The summed E-state index contributed by atoms with van der Waals surface area (Å²) in [5, 5.41) is 0. The zero-order chi connectivity index (χ0) is 36.1. The van der Waals surface area contributed by atoms with Gasteiger partial charge in [0.15, 0.2) is 6.10 Å². The largest absolute Gasteiger partial charge is 0.472 e. The maximum absolute atomic E-state index is 12.5. The zero-order valence-corrected chi connectivity index (χ0v) is 32.6. The Labute approximate surface area is 300 Å². The standard InChI is InChI=1S/C39H76NO8P/c1-3-5-7-9-11-13-15-17-18-20-22-24-26-28-30-32-39(42)48-37(36-47-49(43,44)46-34-33-40)35-45-38(41)31-29-27-25-23-21-19-16-14-12-10-8-6-4-2/h14,16,37H,3-13,15,17-36,40H2,1-2H3,(H,43,44)/b16-14-/t37-/m1/s1. The van der Waals surface area contributed by atoms with E-state index < -0.39 is 26.5 Å². The monoisotopic (exact) mass is 718 g/mol. The van der Waals surface area contributed by atoms with Crippen LogP contribution in [-0.2, 0) is 32.7 Å². The molecule has 0 saturated carbocycles. The Morgan fingerprint density at radius 3 is 1.47 bits per heavy atom. The smallest absolute Gasteiger partial charge is 0.462 e. The van der Waals surface area contributed by atoms with Crippen LogP contribution in [0.1, 0.15) is 194 Å². The molecule has 3 N–H and O–H groups in total. The summed E-state index contributed by atoms with van der Waals surface area (Å²) in [7, 11) is -4.37. The number of esters is 2. The molecule has 0 fully saturated rings. The first-order valence-corrected chi connectivity index (χ1v) is 21.7. The van der Waals surface area contributed by atoms with Gasteiger partial charge in [0.1, 0.15) is 6.61 Å². The highest BCUT2D eigenvalue weighted by Gasteiger charge is 2.26. The van der Waals surface area contributed by atoms with Crippen molar-refractivity contribution in [1.29, 1.82) is 0 Å². The molecular formula is C39H76NO8P. The van der Waals surface area contributed by atoms with Gasteiger partial charge in [-0.3, -0.25) is 18.6 Å². The number of rotatable bonds is 38. The molecule has 290 valence electrons. The molecule has 0 spiro atoms. The number of carbonyl (C=O) groups excluding carboxylic acids is 2. The molecule has 0 radical (unpaired) electrons. The molecule has 0 aromatic rings. The quantitative estimate of drug-likeness (QED) is 0.0277. The first-order chi connectivity index (χ1) is 23.8. The molecule has 0 aliphatic heterocycles. The number of nitrogens with two attached hydrogens (primary N) is 1. The minimum absolute atomic E-state index is 0.0550. The van der Waals surface area contributed by atoms with E-state index in [1.165, 1.54) is 109 Å². The Morgan fingerprint density at radius 2 is 1.00 bits per heavy atom. The second-order valence-corrected chi connectivity index (χ2v) is 15.0. The Hall–Kier alpha value is -1.25. The maximum atomic E-state index is 12.5. The highest BCUT2D eigenvalue weighted by atomic mass is 31.2. The van der Waals surface area contributed by atoms with Crippen LogP contribution in [0.2, 0.25) is 0 Å². The van der Waals surface area contributed by atoms with E-state index in [0.717, 1.165) is 51.4 Å². The summed E-state index contributed by atoms with van der Waals surface area (Å²) < 4.78 is 32.7. The fourth-order valence-corrected chi connectivity index (χ4v) is 6.39.